The lowest BCUT2D eigenvalue weighted by Crippen LogP contribution is -2.30. The summed E-state index contributed by atoms with van der Waals surface area (Å²) in [5.74, 6) is -0.670. The van der Waals surface area contributed by atoms with Gasteiger partial charge in [0.15, 0.2) is 0 Å². The van der Waals surface area contributed by atoms with Crippen LogP contribution in [0.15, 0.2) is 24.8 Å². The van der Waals surface area contributed by atoms with Gasteiger partial charge in [-0.05, 0) is 12.5 Å². The predicted molar refractivity (Wildman–Crippen MR) is 83.0 cm³/mol. The Morgan fingerprint density at radius 2 is 2.36 bits per heavy atom. The molecule has 0 aliphatic carbocycles. The van der Waals surface area contributed by atoms with E-state index in [1.54, 1.807) is 6.08 Å². The molecule has 0 bridgehead atoms. The summed E-state index contributed by atoms with van der Waals surface area (Å²) >= 11 is 0. The number of hydrogen-bond acceptors (Lipinski definition) is 7. The molecular weight excluding hydrogens is 306 g/mol. The van der Waals surface area contributed by atoms with E-state index in [0.29, 0.717) is 12.1 Å². The van der Waals surface area contributed by atoms with Crippen LogP contribution < -0.4 is 10.3 Å². The van der Waals surface area contributed by atoms with Gasteiger partial charge in [-0.25, -0.2) is 4.79 Å². The Labute approximate surface area is 128 Å². The lowest BCUT2D eigenvalue weighted by Gasteiger charge is -2.17. The summed E-state index contributed by atoms with van der Waals surface area (Å²) in [4.78, 5) is 25.2. The van der Waals surface area contributed by atoms with E-state index >= 15 is 0 Å². The Kier molecular flexibility index (Phi) is 4.56. The standard InChI is InChI=1S/C13H14N3O5Si/c1-3-4-8-13(18)22-15-9-5-7(12(17)21-2)6-10(16(19)20)11(9)14-8/h3,5-6,8,14-15,18H,1,4H2,2H3/t8-/m0/s1. The summed E-state index contributed by atoms with van der Waals surface area (Å²) in [7, 11) is 1.04. The van der Waals surface area contributed by atoms with Crippen molar-refractivity contribution in [1.29, 1.82) is 0 Å². The number of carbonyl (C=O) groups excluding carboxylic acids is 1. The number of aliphatic hydroxyl groups excluding tert-OH is 1. The number of rotatable bonds is 4. The molecule has 22 heavy (non-hydrogen) atoms. The highest BCUT2D eigenvalue weighted by Crippen LogP contribution is 2.36. The smallest absolute Gasteiger partial charge is 0.338 e. The number of anilines is 2. The van der Waals surface area contributed by atoms with Crippen LogP contribution in [0.2, 0.25) is 0 Å². The molecule has 0 spiro atoms. The Morgan fingerprint density at radius 3 is 2.95 bits per heavy atom. The van der Waals surface area contributed by atoms with Gasteiger partial charge in [0.05, 0.1) is 29.3 Å². The van der Waals surface area contributed by atoms with Crippen molar-refractivity contribution in [3.63, 3.8) is 0 Å². The van der Waals surface area contributed by atoms with Crippen molar-refractivity contribution in [2.75, 3.05) is 17.4 Å². The molecule has 0 saturated heterocycles. The highest BCUT2D eigenvalue weighted by Gasteiger charge is 2.27. The van der Waals surface area contributed by atoms with Crippen LogP contribution in [0.1, 0.15) is 16.8 Å². The number of nitro groups is 1. The van der Waals surface area contributed by atoms with Gasteiger partial charge in [0.1, 0.15) is 11.0 Å². The van der Waals surface area contributed by atoms with Crippen LogP contribution in [0, 0.1) is 10.1 Å². The molecule has 2 rings (SSSR count). The van der Waals surface area contributed by atoms with Crippen molar-refractivity contribution in [3.05, 3.63) is 40.5 Å². The number of nitro benzene ring substituents is 1. The molecule has 1 heterocycles. The van der Waals surface area contributed by atoms with Gasteiger partial charge in [-0.1, -0.05) is 6.08 Å². The Balaban J connectivity index is 2.56. The minimum Gasteiger partial charge on any atom is -0.514 e. The summed E-state index contributed by atoms with van der Waals surface area (Å²) in [6.45, 7) is 3.60. The van der Waals surface area contributed by atoms with E-state index in [2.05, 4.69) is 21.6 Å². The lowest BCUT2D eigenvalue weighted by atomic mass is 10.1. The van der Waals surface area contributed by atoms with Crippen LogP contribution in [-0.4, -0.2) is 43.8 Å². The van der Waals surface area contributed by atoms with Crippen molar-refractivity contribution in [2.24, 2.45) is 0 Å². The summed E-state index contributed by atoms with van der Waals surface area (Å²) < 4.78 is 4.60. The molecule has 0 amide bonds. The zero-order valence-corrected chi connectivity index (χ0v) is 12.8. The number of aliphatic hydroxyl groups is 1. The van der Waals surface area contributed by atoms with Gasteiger partial charge in [0.25, 0.3) is 5.69 Å². The van der Waals surface area contributed by atoms with Crippen LogP contribution >= 0.6 is 0 Å². The number of hydrogen-bond donors (Lipinski definition) is 3. The van der Waals surface area contributed by atoms with Gasteiger partial charge in [-0.2, -0.15) is 0 Å². The highest BCUT2D eigenvalue weighted by atomic mass is 28.2. The molecule has 0 aromatic heterocycles. The molecule has 1 aliphatic rings. The predicted octanol–water partition coefficient (Wildman–Crippen LogP) is 1.29. The number of fused-ring (bicyclic) bond motifs is 1. The minimum absolute atomic E-state index is 0.0636. The first-order valence-electron chi connectivity index (χ1n) is 6.34. The van der Waals surface area contributed by atoms with E-state index in [0.717, 1.165) is 6.07 Å². The number of carbonyl (C=O) groups is 1. The maximum Gasteiger partial charge on any atom is 0.338 e. The lowest BCUT2D eigenvalue weighted by molar-refractivity contribution is -0.383. The van der Waals surface area contributed by atoms with E-state index in [1.165, 1.54) is 13.2 Å². The van der Waals surface area contributed by atoms with E-state index in [1.807, 2.05) is 0 Å². The molecule has 8 nitrogen and oxygen atoms in total. The van der Waals surface area contributed by atoms with E-state index in [9.17, 15) is 20.0 Å². The fourth-order valence-electron chi connectivity index (χ4n) is 2.06. The molecule has 1 aliphatic heterocycles. The average molecular weight is 320 g/mol. The second kappa shape index (κ2) is 6.39. The molecule has 0 unspecified atom stereocenters. The average Bonchev–Trinajstić information content (AvgIpc) is 2.65. The number of methoxy groups -OCH3 is 1. The van der Waals surface area contributed by atoms with Gasteiger partial charge in [-0.15, -0.1) is 6.58 Å². The first-order chi connectivity index (χ1) is 10.5. The Hall–Kier alpha value is -2.68. The number of nitrogens with one attached hydrogen (secondary N) is 2. The topological polar surface area (TPSA) is 114 Å². The molecule has 0 fully saturated rings. The molecule has 1 aromatic carbocycles. The van der Waals surface area contributed by atoms with Gasteiger partial charge in [-0.3, -0.25) is 10.1 Å². The van der Waals surface area contributed by atoms with Crippen LogP contribution in [0.5, 0.6) is 0 Å². The molecule has 1 radical (unpaired) electrons. The van der Waals surface area contributed by atoms with Crippen LogP contribution in [0.3, 0.4) is 0 Å². The highest BCUT2D eigenvalue weighted by molar-refractivity contribution is 6.56. The molecule has 1 atom stereocenters. The SMILES string of the molecule is C=CC[C@@H]1Nc2c(cc(C(=O)OC)cc2[N+](=O)[O-])N[Si]=C1O. The van der Waals surface area contributed by atoms with Gasteiger partial charge >= 0.3 is 5.97 Å². The fraction of sp³-hybridized carbons (Fsp3) is 0.231. The van der Waals surface area contributed by atoms with Gasteiger partial charge in [0, 0.05) is 6.07 Å². The largest absolute Gasteiger partial charge is 0.514 e. The third kappa shape index (κ3) is 2.98. The fourth-order valence-corrected chi connectivity index (χ4v) is 2.88. The zero-order valence-electron chi connectivity index (χ0n) is 11.8. The van der Waals surface area contributed by atoms with Crippen molar-refractivity contribution in [3.8, 4) is 0 Å². The summed E-state index contributed by atoms with van der Waals surface area (Å²) in [5.41, 5.74) is 0.389. The quantitative estimate of drug-likeness (QED) is 0.252. The monoisotopic (exact) mass is 320 g/mol. The van der Waals surface area contributed by atoms with Crippen molar-refractivity contribution in [1.82, 2.24) is 0 Å². The number of benzene rings is 1. The first-order valence-corrected chi connectivity index (χ1v) is 7.34. The van der Waals surface area contributed by atoms with E-state index in [-0.39, 0.29) is 31.6 Å². The normalized spacial score (nSPS) is 16.2. The number of ether oxygens (including phenoxy) is 1. The number of nitrogens with zero attached hydrogens (tertiary/aromatic N) is 1. The molecule has 115 valence electrons. The van der Waals surface area contributed by atoms with Crippen LogP contribution in [-0.2, 0) is 4.74 Å². The van der Waals surface area contributed by atoms with Crippen molar-refractivity contribution >= 4 is 37.7 Å². The second-order valence-electron chi connectivity index (χ2n) is 4.52. The Morgan fingerprint density at radius 1 is 1.64 bits per heavy atom. The molecule has 3 N–H and O–H groups in total. The minimum atomic E-state index is -0.670. The third-order valence-corrected chi connectivity index (χ3v) is 4.11. The summed E-state index contributed by atoms with van der Waals surface area (Å²) in [6, 6.07) is 2.13. The first kappa shape index (κ1) is 15.7. The molecular formula is C13H14N3O5Si. The van der Waals surface area contributed by atoms with E-state index in [4.69, 9.17) is 0 Å². The van der Waals surface area contributed by atoms with Crippen molar-refractivity contribution < 1.29 is 19.6 Å². The third-order valence-electron chi connectivity index (χ3n) is 3.11. The maximum absolute atomic E-state index is 11.6. The second-order valence-corrected chi connectivity index (χ2v) is 5.54. The zero-order chi connectivity index (χ0) is 16.3. The van der Waals surface area contributed by atoms with Crippen LogP contribution in [0.4, 0.5) is 17.1 Å². The number of esters is 1. The Bertz CT molecular complexity index is 674. The van der Waals surface area contributed by atoms with Gasteiger partial charge in [0.2, 0.25) is 9.29 Å². The van der Waals surface area contributed by atoms with E-state index < -0.39 is 16.9 Å². The summed E-state index contributed by atoms with van der Waals surface area (Å²) in [5, 5.41) is 24.4. The van der Waals surface area contributed by atoms with Crippen molar-refractivity contribution in [2.45, 2.75) is 12.5 Å². The maximum atomic E-state index is 11.6. The van der Waals surface area contributed by atoms with Gasteiger partial charge < -0.3 is 20.1 Å². The molecule has 9 heteroatoms. The molecule has 1 aromatic rings. The summed E-state index contributed by atoms with van der Waals surface area (Å²) in [6.07, 6.45) is 2.02. The molecule has 0 saturated carbocycles. The van der Waals surface area contributed by atoms with Crippen LogP contribution in [0.25, 0.3) is 0 Å².